The van der Waals surface area contributed by atoms with Crippen molar-refractivity contribution in [2.75, 3.05) is 31.7 Å². The fourth-order valence-corrected chi connectivity index (χ4v) is 3.66. The van der Waals surface area contributed by atoms with E-state index < -0.39 is 0 Å². The number of benzene rings is 1. The summed E-state index contributed by atoms with van der Waals surface area (Å²) >= 11 is 0. The third kappa shape index (κ3) is 12.0. The van der Waals surface area contributed by atoms with E-state index in [1.54, 1.807) is 7.11 Å². The summed E-state index contributed by atoms with van der Waals surface area (Å²) in [6.07, 6.45) is 16.7. The number of unbranched alkanes of at least 4 members (excludes halogenated alkanes) is 10. The lowest BCUT2D eigenvalue weighted by atomic mass is 10.1. The molecule has 0 N–H and O–H groups in total. The maximum atomic E-state index is 6.11. The molecule has 0 spiro atoms. The van der Waals surface area contributed by atoms with E-state index in [4.69, 9.17) is 9.47 Å². The standard InChI is InChI=1S/C26H47NO2/c1-5-8-11-13-14-17-20-29-26-22-24(21-25(23-26)28-4)27(18-15-10-7-3)19-16-12-9-6-2/h21-23H,5-20H2,1-4H3. The van der Waals surface area contributed by atoms with Gasteiger partial charge in [-0.15, -0.1) is 0 Å². The normalized spacial score (nSPS) is 10.9. The second-order valence-electron chi connectivity index (χ2n) is 8.24. The maximum absolute atomic E-state index is 6.11. The Morgan fingerprint density at radius 1 is 0.621 bits per heavy atom. The molecule has 0 amide bonds. The lowest BCUT2D eigenvalue weighted by Crippen LogP contribution is -2.25. The van der Waals surface area contributed by atoms with Gasteiger partial charge in [-0.25, -0.2) is 0 Å². The molecule has 0 aliphatic rings. The Hall–Kier alpha value is -1.38. The van der Waals surface area contributed by atoms with Crippen LogP contribution in [-0.2, 0) is 0 Å². The quantitative estimate of drug-likeness (QED) is 0.218. The number of hydrogen-bond donors (Lipinski definition) is 0. The number of methoxy groups -OCH3 is 1. The second-order valence-corrected chi connectivity index (χ2v) is 8.24. The molecule has 0 bridgehead atoms. The van der Waals surface area contributed by atoms with E-state index in [0.717, 1.165) is 37.6 Å². The summed E-state index contributed by atoms with van der Waals surface area (Å²) in [4.78, 5) is 2.53. The van der Waals surface area contributed by atoms with Crippen molar-refractivity contribution in [1.29, 1.82) is 0 Å². The molecule has 3 nitrogen and oxygen atoms in total. The van der Waals surface area contributed by atoms with Crippen molar-refractivity contribution in [3.63, 3.8) is 0 Å². The van der Waals surface area contributed by atoms with Crippen molar-refractivity contribution in [3.8, 4) is 11.5 Å². The zero-order chi connectivity index (χ0) is 21.2. The monoisotopic (exact) mass is 405 g/mol. The van der Waals surface area contributed by atoms with Crippen LogP contribution in [0.4, 0.5) is 5.69 Å². The van der Waals surface area contributed by atoms with Gasteiger partial charge in [0.15, 0.2) is 0 Å². The molecule has 3 heteroatoms. The van der Waals surface area contributed by atoms with Gasteiger partial charge in [0.1, 0.15) is 11.5 Å². The lowest BCUT2D eigenvalue weighted by Gasteiger charge is -2.26. The van der Waals surface area contributed by atoms with Crippen LogP contribution >= 0.6 is 0 Å². The van der Waals surface area contributed by atoms with Crippen LogP contribution in [0.15, 0.2) is 18.2 Å². The molecule has 29 heavy (non-hydrogen) atoms. The van der Waals surface area contributed by atoms with Crippen molar-refractivity contribution in [1.82, 2.24) is 0 Å². The van der Waals surface area contributed by atoms with E-state index in [2.05, 4.69) is 37.8 Å². The topological polar surface area (TPSA) is 21.7 Å². The molecule has 1 rings (SSSR count). The van der Waals surface area contributed by atoms with E-state index in [1.807, 2.05) is 6.07 Å². The average Bonchev–Trinajstić information content (AvgIpc) is 2.74. The Balaban J connectivity index is 2.66. The molecule has 0 atom stereocenters. The van der Waals surface area contributed by atoms with Crippen LogP contribution in [-0.4, -0.2) is 26.8 Å². The number of ether oxygens (including phenoxy) is 2. The molecular weight excluding hydrogens is 358 g/mol. The Morgan fingerprint density at radius 2 is 1.14 bits per heavy atom. The second kappa shape index (κ2) is 17.5. The third-order valence-electron chi connectivity index (χ3n) is 5.55. The summed E-state index contributed by atoms with van der Waals surface area (Å²) in [5.41, 5.74) is 1.25. The Bertz CT molecular complexity index is 503. The highest BCUT2D eigenvalue weighted by molar-refractivity contribution is 5.55. The van der Waals surface area contributed by atoms with E-state index in [-0.39, 0.29) is 0 Å². The SMILES string of the molecule is CCCCCCCCOc1cc(OC)cc(N(CCCCC)CCCCCC)c1. The molecule has 0 heterocycles. The van der Waals surface area contributed by atoms with Crippen LogP contribution in [0.1, 0.15) is 104 Å². The van der Waals surface area contributed by atoms with Crippen molar-refractivity contribution in [2.45, 2.75) is 104 Å². The molecular formula is C26H47NO2. The van der Waals surface area contributed by atoms with Crippen LogP contribution in [0.2, 0.25) is 0 Å². The number of anilines is 1. The first-order valence-corrected chi connectivity index (χ1v) is 12.3. The van der Waals surface area contributed by atoms with Crippen LogP contribution in [0.25, 0.3) is 0 Å². The van der Waals surface area contributed by atoms with Gasteiger partial charge in [0.2, 0.25) is 0 Å². The van der Waals surface area contributed by atoms with Crippen LogP contribution in [0.3, 0.4) is 0 Å². The van der Waals surface area contributed by atoms with Crippen LogP contribution < -0.4 is 14.4 Å². The van der Waals surface area contributed by atoms with Gasteiger partial charge in [-0.3, -0.25) is 0 Å². The van der Waals surface area contributed by atoms with E-state index >= 15 is 0 Å². The lowest BCUT2D eigenvalue weighted by molar-refractivity contribution is 0.302. The van der Waals surface area contributed by atoms with Crippen molar-refractivity contribution >= 4 is 5.69 Å². The third-order valence-corrected chi connectivity index (χ3v) is 5.55. The Labute approximate surface area is 181 Å². The van der Waals surface area contributed by atoms with E-state index in [9.17, 15) is 0 Å². The van der Waals surface area contributed by atoms with Gasteiger partial charge >= 0.3 is 0 Å². The zero-order valence-electron chi connectivity index (χ0n) is 19.8. The Kier molecular flexibility index (Phi) is 15.5. The maximum Gasteiger partial charge on any atom is 0.125 e. The molecule has 0 aliphatic heterocycles. The van der Waals surface area contributed by atoms with Crippen molar-refractivity contribution in [3.05, 3.63) is 18.2 Å². The highest BCUT2D eigenvalue weighted by Gasteiger charge is 2.10. The summed E-state index contributed by atoms with van der Waals surface area (Å²) in [6.45, 7) is 9.83. The van der Waals surface area contributed by atoms with Gasteiger partial charge in [0, 0.05) is 37.0 Å². The van der Waals surface area contributed by atoms with Gasteiger partial charge < -0.3 is 14.4 Å². The summed E-state index contributed by atoms with van der Waals surface area (Å²) < 4.78 is 11.7. The minimum absolute atomic E-state index is 0.797. The molecule has 0 saturated heterocycles. The molecule has 0 saturated carbocycles. The Morgan fingerprint density at radius 3 is 1.79 bits per heavy atom. The molecule has 0 radical (unpaired) electrons. The number of nitrogens with zero attached hydrogens (tertiary/aromatic N) is 1. The van der Waals surface area contributed by atoms with Gasteiger partial charge in [0.25, 0.3) is 0 Å². The number of rotatable bonds is 19. The minimum atomic E-state index is 0.797. The first kappa shape index (κ1) is 25.7. The van der Waals surface area contributed by atoms with Crippen LogP contribution in [0.5, 0.6) is 11.5 Å². The predicted octanol–water partition coefficient (Wildman–Crippen LogP) is 8.01. The van der Waals surface area contributed by atoms with Gasteiger partial charge in [0.05, 0.1) is 13.7 Å². The highest BCUT2D eigenvalue weighted by Crippen LogP contribution is 2.29. The summed E-state index contributed by atoms with van der Waals surface area (Å²) in [5.74, 6) is 1.84. The van der Waals surface area contributed by atoms with E-state index in [1.165, 1.54) is 82.7 Å². The predicted molar refractivity (Wildman–Crippen MR) is 128 cm³/mol. The molecule has 1 aromatic rings. The van der Waals surface area contributed by atoms with E-state index in [0.29, 0.717) is 0 Å². The number of hydrogen-bond acceptors (Lipinski definition) is 3. The summed E-state index contributed by atoms with van der Waals surface area (Å²) in [6, 6.07) is 6.41. The first-order valence-electron chi connectivity index (χ1n) is 12.3. The zero-order valence-corrected chi connectivity index (χ0v) is 19.8. The van der Waals surface area contributed by atoms with Crippen molar-refractivity contribution < 1.29 is 9.47 Å². The minimum Gasteiger partial charge on any atom is -0.497 e. The molecule has 0 unspecified atom stereocenters. The fourth-order valence-electron chi connectivity index (χ4n) is 3.66. The summed E-state index contributed by atoms with van der Waals surface area (Å²) in [7, 11) is 1.75. The first-order chi connectivity index (χ1) is 14.2. The smallest absolute Gasteiger partial charge is 0.125 e. The molecule has 0 aromatic heterocycles. The molecule has 0 fully saturated rings. The molecule has 0 aliphatic carbocycles. The van der Waals surface area contributed by atoms with Gasteiger partial charge in [-0.2, -0.15) is 0 Å². The fraction of sp³-hybridized carbons (Fsp3) is 0.769. The van der Waals surface area contributed by atoms with Crippen molar-refractivity contribution in [2.24, 2.45) is 0 Å². The van der Waals surface area contributed by atoms with Gasteiger partial charge in [-0.1, -0.05) is 85.0 Å². The molecule has 1 aromatic carbocycles. The van der Waals surface area contributed by atoms with Gasteiger partial charge in [-0.05, 0) is 19.3 Å². The summed E-state index contributed by atoms with van der Waals surface area (Å²) in [5, 5.41) is 0. The average molecular weight is 406 g/mol. The largest absolute Gasteiger partial charge is 0.497 e. The van der Waals surface area contributed by atoms with Crippen LogP contribution in [0, 0.1) is 0 Å². The highest BCUT2D eigenvalue weighted by atomic mass is 16.5. The molecule has 168 valence electrons.